The van der Waals surface area contributed by atoms with E-state index in [2.05, 4.69) is 38.9 Å². The SMILES string of the molecule is CC(=O)N1CCN(c2ccc(CCc3ccc(CCOC(=O)NNC(=O)OC(C)(C)C)s3)nc2)CC1. The molecule has 0 atom stereocenters. The first-order chi connectivity index (χ1) is 17.1. The number of aryl methyl sites for hydroxylation is 2. The number of carbonyl (C=O) groups is 3. The lowest BCUT2D eigenvalue weighted by atomic mass is 10.2. The number of amides is 3. The first kappa shape index (κ1) is 27.3. The van der Waals surface area contributed by atoms with Crippen LogP contribution >= 0.6 is 11.3 Å². The number of aromatic nitrogens is 1. The van der Waals surface area contributed by atoms with Crippen LogP contribution in [0.1, 0.15) is 43.1 Å². The summed E-state index contributed by atoms with van der Waals surface area (Å²) in [5.74, 6) is 0.130. The molecule has 0 spiro atoms. The summed E-state index contributed by atoms with van der Waals surface area (Å²) in [7, 11) is 0. The van der Waals surface area contributed by atoms with Gasteiger partial charge in [0.25, 0.3) is 0 Å². The Morgan fingerprint density at radius 3 is 2.22 bits per heavy atom. The van der Waals surface area contributed by atoms with Crippen molar-refractivity contribution in [1.29, 1.82) is 0 Å². The fourth-order valence-corrected chi connectivity index (χ4v) is 4.66. The average Bonchev–Trinajstić information content (AvgIpc) is 3.28. The van der Waals surface area contributed by atoms with E-state index in [9.17, 15) is 14.4 Å². The van der Waals surface area contributed by atoms with Gasteiger partial charge in [0.05, 0.1) is 18.5 Å². The summed E-state index contributed by atoms with van der Waals surface area (Å²) >= 11 is 1.69. The normalized spacial score (nSPS) is 13.8. The third-order valence-corrected chi connectivity index (χ3v) is 6.70. The van der Waals surface area contributed by atoms with Gasteiger partial charge in [-0.25, -0.2) is 20.4 Å². The Morgan fingerprint density at radius 1 is 0.944 bits per heavy atom. The Balaban J connectivity index is 1.34. The van der Waals surface area contributed by atoms with E-state index in [1.165, 1.54) is 4.88 Å². The molecule has 3 rings (SSSR count). The minimum absolute atomic E-state index is 0.130. The molecule has 0 bridgehead atoms. The molecule has 1 aliphatic rings. The van der Waals surface area contributed by atoms with E-state index >= 15 is 0 Å². The van der Waals surface area contributed by atoms with Crippen LogP contribution in [0.25, 0.3) is 0 Å². The molecule has 2 aromatic heterocycles. The van der Waals surface area contributed by atoms with Gasteiger partial charge in [-0.1, -0.05) is 0 Å². The van der Waals surface area contributed by atoms with Crippen LogP contribution in [0.3, 0.4) is 0 Å². The van der Waals surface area contributed by atoms with Crippen LogP contribution in [0.15, 0.2) is 30.5 Å². The molecule has 0 unspecified atom stereocenters. The molecule has 2 N–H and O–H groups in total. The highest BCUT2D eigenvalue weighted by Crippen LogP contribution is 2.20. The predicted molar refractivity (Wildman–Crippen MR) is 138 cm³/mol. The van der Waals surface area contributed by atoms with Gasteiger partial charge in [0.15, 0.2) is 0 Å². The number of hydrazine groups is 1. The first-order valence-corrected chi connectivity index (χ1v) is 12.9. The van der Waals surface area contributed by atoms with E-state index in [4.69, 9.17) is 9.47 Å². The molecule has 11 heteroatoms. The van der Waals surface area contributed by atoms with Crippen molar-refractivity contribution in [3.8, 4) is 0 Å². The summed E-state index contributed by atoms with van der Waals surface area (Å²) in [6.07, 6.45) is 2.74. The van der Waals surface area contributed by atoms with Gasteiger partial charge in [-0.3, -0.25) is 9.78 Å². The maximum absolute atomic E-state index is 11.7. The fourth-order valence-electron chi connectivity index (χ4n) is 3.66. The molecule has 1 saturated heterocycles. The molecule has 0 aliphatic carbocycles. The Hall–Kier alpha value is -3.34. The van der Waals surface area contributed by atoms with E-state index in [0.717, 1.165) is 55.3 Å². The topological polar surface area (TPSA) is 113 Å². The van der Waals surface area contributed by atoms with Crippen molar-refractivity contribution in [2.75, 3.05) is 37.7 Å². The summed E-state index contributed by atoms with van der Waals surface area (Å²) in [5, 5.41) is 0. The number of pyridine rings is 1. The van der Waals surface area contributed by atoms with Crippen LogP contribution in [0.4, 0.5) is 15.3 Å². The van der Waals surface area contributed by atoms with E-state index in [1.54, 1.807) is 39.0 Å². The smallest absolute Gasteiger partial charge is 0.426 e. The Labute approximate surface area is 215 Å². The Kier molecular flexibility index (Phi) is 9.51. The molecule has 0 aromatic carbocycles. The zero-order chi connectivity index (χ0) is 26.1. The lowest BCUT2D eigenvalue weighted by Gasteiger charge is -2.35. The van der Waals surface area contributed by atoms with Gasteiger partial charge in [-0.2, -0.15) is 0 Å². The van der Waals surface area contributed by atoms with Crippen molar-refractivity contribution >= 4 is 35.1 Å². The molecule has 3 heterocycles. The summed E-state index contributed by atoms with van der Waals surface area (Å²) in [5.41, 5.74) is 5.78. The van der Waals surface area contributed by atoms with Gasteiger partial charge in [0.2, 0.25) is 5.91 Å². The van der Waals surface area contributed by atoms with Gasteiger partial charge in [0, 0.05) is 55.0 Å². The number of carbonyl (C=O) groups excluding carboxylic acids is 3. The van der Waals surface area contributed by atoms with E-state index < -0.39 is 17.8 Å². The highest BCUT2D eigenvalue weighted by molar-refractivity contribution is 7.12. The zero-order valence-electron chi connectivity index (χ0n) is 21.3. The maximum atomic E-state index is 11.7. The number of nitrogens with zero attached hydrogens (tertiary/aromatic N) is 3. The number of rotatable bonds is 7. The molecule has 3 amide bonds. The van der Waals surface area contributed by atoms with E-state index in [1.807, 2.05) is 17.2 Å². The second-order valence-corrected chi connectivity index (χ2v) is 10.8. The minimum atomic E-state index is -0.751. The number of hydrogen-bond donors (Lipinski definition) is 2. The van der Waals surface area contributed by atoms with Crippen molar-refractivity contribution in [3.63, 3.8) is 0 Å². The van der Waals surface area contributed by atoms with Crippen molar-refractivity contribution in [2.45, 2.75) is 52.6 Å². The van der Waals surface area contributed by atoms with Crippen LogP contribution < -0.4 is 15.8 Å². The summed E-state index contributed by atoms with van der Waals surface area (Å²) in [6, 6.07) is 8.30. The molecule has 2 aromatic rings. The Bertz CT molecular complexity index is 1030. The van der Waals surface area contributed by atoms with Crippen LogP contribution in [-0.4, -0.2) is 66.4 Å². The lowest BCUT2D eigenvalue weighted by molar-refractivity contribution is -0.129. The van der Waals surface area contributed by atoms with Crippen molar-refractivity contribution in [3.05, 3.63) is 45.9 Å². The number of thiophene rings is 1. The molecule has 196 valence electrons. The minimum Gasteiger partial charge on any atom is -0.448 e. The lowest BCUT2D eigenvalue weighted by Crippen LogP contribution is -2.48. The molecule has 36 heavy (non-hydrogen) atoms. The zero-order valence-corrected chi connectivity index (χ0v) is 22.2. The summed E-state index contributed by atoms with van der Waals surface area (Å²) in [4.78, 5) is 45.8. The maximum Gasteiger partial charge on any atom is 0.426 e. The van der Waals surface area contributed by atoms with Gasteiger partial charge >= 0.3 is 12.2 Å². The number of ether oxygens (including phenoxy) is 2. The number of nitrogens with one attached hydrogen (secondary N) is 2. The average molecular weight is 518 g/mol. The van der Waals surface area contributed by atoms with Gasteiger partial charge in [-0.05, 0) is 57.9 Å². The van der Waals surface area contributed by atoms with Crippen molar-refractivity contribution < 1.29 is 23.9 Å². The highest BCUT2D eigenvalue weighted by Gasteiger charge is 2.19. The second-order valence-electron chi connectivity index (χ2n) is 9.51. The van der Waals surface area contributed by atoms with Gasteiger partial charge in [0.1, 0.15) is 5.60 Å². The quantitative estimate of drug-likeness (QED) is 0.542. The molecular weight excluding hydrogens is 482 g/mol. The fraction of sp³-hybridized carbons (Fsp3) is 0.520. The molecule has 0 radical (unpaired) electrons. The largest absolute Gasteiger partial charge is 0.448 e. The van der Waals surface area contributed by atoms with Crippen LogP contribution in [0, 0.1) is 0 Å². The van der Waals surface area contributed by atoms with E-state index in [0.29, 0.717) is 6.42 Å². The summed E-state index contributed by atoms with van der Waals surface area (Å²) in [6.45, 7) is 10.1. The standard InChI is InChI=1S/C25H35N5O5S/c1-18(31)29-12-14-30(15-13-29)20-7-5-19(26-17-20)6-8-21-9-10-22(36-21)11-16-34-23(32)27-28-24(33)35-25(2,3)4/h5,7,9-10,17H,6,8,11-16H2,1-4H3,(H,27,32)(H,28,33). The van der Waals surface area contributed by atoms with Crippen molar-refractivity contribution in [2.24, 2.45) is 0 Å². The van der Waals surface area contributed by atoms with Crippen LogP contribution in [0.5, 0.6) is 0 Å². The Morgan fingerprint density at radius 2 is 1.61 bits per heavy atom. The monoisotopic (exact) mass is 517 g/mol. The molecular formula is C25H35N5O5S. The van der Waals surface area contributed by atoms with Crippen LogP contribution in [-0.2, 0) is 33.5 Å². The molecule has 0 saturated carbocycles. The third kappa shape index (κ3) is 9.03. The number of anilines is 1. The molecule has 1 fully saturated rings. The molecule has 1 aliphatic heterocycles. The van der Waals surface area contributed by atoms with Gasteiger partial charge < -0.3 is 19.3 Å². The first-order valence-electron chi connectivity index (χ1n) is 12.0. The summed E-state index contributed by atoms with van der Waals surface area (Å²) < 4.78 is 10.1. The highest BCUT2D eigenvalue weighted by atomic mass is 32.1. The third-order valence-electron chi connectivity index (χ3n) is 5.49. The predicted octanol–water partition coefficient (Wildman–Crippen LogP) is 3.31. The van der Waals surface area contributed by atoms with E-state index in [-0.39, 0.29) is 12.5 Å². The van der Waals surface area contributed by atoms with Crippen molar-refractivity contribution in [1.82, 2.24) is 20.7 Å². The molecule has 10 nitrogen and oxygen atoms in total. The second kappa shape index (κ2) is 12.6. The number of hydrogen-bond acceptors (Lipinski definition) is 8. The van der Waals surface area contributed by atoms with Gasteiger partial charge in [-0.15, -0.1) is 11.3 Å². The number of piperazine rings is 1. The van der Waals surface area contributed by atoms with Crippen LogP contribution in [0.2, 0.25) is 0 Å².